The molecule has 0 fully saturated rings. The van der Waals surface area contributed by atoms with Gasteiger partial charge < -0.3 is 39.9 Å². The third kappa shape index (κ3) is 6.88. The molecule has 3 aromatic rings. The van der Waals surface area contributed by atoms with Crippen LogP contribution in [0.3, 0.4) is 0 Å². The maximum Gasteiger partial charge on any atom is 0.272 e. The number of hydrogen-bond acceptors (Lipinski definition) is 5. The summed E-state index contributed by atoms with van der Waals surface area (Å²) in [6.45, 7) is 0.815. The lowest BCUT2D eigenvalue weighted by Crippen LogP contribution is -2.20. The lowest BCUT2D eigenvalue weighted by atomic mass is 10.3. The molecule has 0 bridgehead atoms. The molecule has 4 amide bonds. The van der Waals surface area contributed by atoms with E-state index in [9.17, 15) is 19.2 Å². The quantitative estimate of drug-likeness (QED) is 0.330. The van der Waals surface area contributed by atoms with Crippen molar-refractivity contribution in [3.63, 3.8) is 0 Å². The Kier molecular flexibility index (Phi) is 8.56. The Labute approximate surface area is 215 Å². The average molecular weight is 511 g/mol. The molecule has 12 heteroatoms. The summed E-state index contributed by atoms with van der Waals surface area (Å²) in [5.74, 6) is -1.15. The van der Waals surface area contributed by atoms with Gasteiger partial charge in [0, 0.05) is 53.2 Å². The van der Waals surface area contributed by atoms with Crippen molar-refractivity contribution in [2.24, 2.45) is 21.1 Å². The topological polar surface area (TPSA) is 134 Å². The van der Waals surface area contributed by atoms with E-state index in [0.29, 0.717) is 40.6 Å². The van der Waals surface area contributed by atoms with Gasteiger partial charge in [-0.2, -0.15) is 0 Å². The van der Waals surface area contributed by atoms with Crippen LogP contribution < -0.4 is 21.3 Å². The first-order valence-corrected chi connectivity index (χ1v) is 11.8. The van der Waals surface area contributed by atoms with Crippen molar-refractivity contribution >= 4 is 40.7 Å². The molecule has 0 unspecified atom stereocenters. The predicted octanol–water partition coefficient (Wildman–Crippen LogP) is 1.85. The number of anilines is 3. The van der Waals surface area contributed by atoms with Crippen molar-refractivity contribution in [2.75, 3.05) is 43.6 Å². The molecule has 3 aromatic heterocycles. The molecule has 37 heavy (non-hydrogen) atoms. The smallest absolute Gasteiger partial charge is 0.272 e. The highest BCUT2D eigenvalue weighted by Gasteiger charge is 2.18. The fourth-order valence-electron chi connectivity index (χ4n) is 3.87. The minimum atomic E-state index is -0.393. The van der Waals surface area contributed by atoms with Crippen LogP contribution in [0.4, 0.5) is 17.1 Å². The summed E-state index contributed by atoms with van der Waals surface area (Å²) in [7, 11) is 10.6. The Bertz CT molecular complexity index is 1310. The van der Waals surface area contributed by atoms with Gasteiger partial charge in [0.2, 0.25) is 5.91 Å². The maximum absolute atomic E-state index is 12.9. The van der Waals surface area contributed by atoms with Crippen LogP contribution in [0.15, 0.2) is 36.8 Å². The lowest BCUT2D eigenvalue weighted by molar-refractivity contribution is -0.116. The monoisotopic (exact) mass is 510 g/mol. The second-order valence-electron chi connectivity index (χ2n) is 9.12. The average Bonchev–Trinajstić information content (AvgIpc) is 3.48. The molecular weight excluding hydrogens is 476 g/mol. The van der Waals surface area contributed by atoms with Crippen LogP contribution in [0.1, 0.15) is 44.3 Å². The van der Waals surface area contributed by atoms with Crippen molar-refractivity contribution in [1.82, 2.24) is 23.9 Å². The summed E-state index contributed by atoms with van der Waals surface area (Å²) in [6.07, 6.45) is 6.07. The number of rotatable bonds is 10. The first kappa shape index (κ1) is 27.3. The zero-order valence-corrected chi connectivity index (χ0v) is 22.0. The van der Waals surface area contributed by atoms with Crippen LogP contribution >= 0.6 is 0 Å². The van der Waals surface area contributed by atoms with Gasteiger partial charge in [0.25, 0.3) is 17.7 Å². The number of amides is 4. The van der Waals surface area contributed by atoms with E-state index < -0.39 is 5.91 Å². The van der Waals surface area contributed by atoms with Gasteiger partial charge in [-0.3, -0.25) is 19.2 Å². The second kappa shape index (κ2) is 11.6. The van der Waals surface area contributed by atoms with Gasteiger partial charge in [-0.05, 0) is 45.3 Å². The maximum atomic E-state index is 12.9. The van der Waals surface area contributed by atoms with E-state index in [4.69, 9.17) is 0 Å². The first-order valence-electron chi connectivity index (χ1n) is 11.8. The largest absolute Gasteiger partial charge is 0.354 e. The Hall–Kier alpha value is -4.32. The lowest BCUT2D eigenvalue weighted by Gasteiger charge is -2.08. The van der Waals surface area contributed by atoms with Crippen LogP contribution in [0.25, 0.3) is 0 Å². The van der Waals surface area contributed by atoms with Crippen LogP contribution in [0, 0.1) is 0 Å². The van der Waals surface area contributed by atoms with Crippen molar-refractivity contribution in [2.45, 2.75) is 12.8 Å². The molecule has 0 aliphatic carbocycles. The minimum Gasteiger partial charge on any atom is -0.354 e. The second-order valence-corrected chi connectivity index (χ2v) is 9.12. The van der Waals surface area contributed by atoms with Gasteiger partial charge in [0.05, 0.1) is 17.1 Å². The van der Waals surface area contributed by atoms with E-state index in [-0.39, 0.29) is 17.7 Å². The first-order chi connectivity index (χ1) is 17.5. The predicted molar refractivity (Wildman–Crippen MR) is 142 cm³/mol. The highest BCUT2D eigenvalue weighted by atomic mass is 16.2. The van der Waals surface area contributed by atoms with Crippen molar-refractivity contribution in [3.05, 3.63) is 53.9 Å². The summed E-state index contributed by atoms with van der Waals surface area (Å²) in [4.78, 5) is 51.8. The molecule has 3 rings (SSSR count). The molecular formula is C25H34N8O4. The number of carbonyl (C=O) groups is 4. The number of aryl methyl sites for hydroxylation is 3. The minimum absolute atomic E-state index is 0.112. The van der Waals surface area contributed by atoms with Gasteiger partial charge in [-0.25, -0.2) is 0 Å². The number of aromatic nitrogens is 3. The van der Waals surface area contributed by atoms with E-state index >= 15 is 0 Å². The summed E-state index contributed by atoms with van der Waals surface area (Å²) in [6, 6.07) is 4.75. The van der Waals surface area contributed by atoms with Crippen molar-refractivity contribution in [3.8, 4) is 0 Å². The van der Waals surface area contributed by atoms with Crippen LogP contribution in [0.5, 0.6) is 0 Å². The molecule has 0 radical (unpaired) electrons. The molecule has 0 aliphatic heterocycles. The van der Waals surface area contributed by atoms with E-state index in [2.05, 4.69) is 21.3 Å². The summed E-state index contributed by atoms with van der Waals surface area (Å²) in [5, 5.41) is 10.9. The molecule has 198 valence electrons. The molecule has 0 saturated carbocycles. The van der Waals surface area contributed by atoms with Gasteiger partial charge in [0.1, 0.15) is 17.1 Å². The van der Waals surface area contributed by atoms with E-state index in [1.165, 1.54) is 7.05 Å². The fraction of sp³-hybridized carbons (Fsp3) is 0.360. The summed E-state index contributed by atoms with van der Waals surface area (Å²) < 4.78 is 4.84. The van der Waals surface area contributed by atoms with Crippen molar-refractivity contribution < 1.29 is 19.2 Å². The van der Waals surface area contributed by atoms with E-state index in [1.54, 1.807) is 71.6 Å². The molecule has 0 atom stereocenters. The normalized spacial score (nSPS) is 10.9. The number of carbonyl (C=O) groups excluding carboxylic acids is 4. The number of hydrogen-bond donors (Lipinski definition) is 4. The third-order valence-corrected chi connectivity index (χ3v) is 5.75. The van der Waals surface area contributed by atoms with Crippen LogP contribution in [-0.2, 0) is 25.9 Å². The van der Waals surface area contributed by atoms with E-state index in [1.807, 2.05) is 19.0 Å². The zero-order chi connectivity index (χ0) is 27.3. The number of nitrogens with zero attached hydrogens (tertiary/aromatic N) is 4. The van der Waals surface area contributed by atoms with Crippen LogP contribution in [0.2, 0.25) is 0 Å². The van der Waals surface area contributed by atoms with Gasteiger partial charge in [0.15, 0.2) is 0 Å². The molecule has 0 aromatic carbocycles. The molecule has 0 saturated heterocycles. The molecule has 0 aliphatic rings. The number of nitrogens with one attached hydrogen (secondary N) is 4. The Morgan fingerprint density at radius 1 is 0.703 bits per heavy atom. The van der Waals surface area contributed by atoms with Crippen LogP contribution in [-0.4, -0.2) is 69.9 Å². The fourth-order valence-corrected chi connectivity index (χ4v) is 3.87. The zero-order valence-electron chi connectivity index (χ0n) is 22.0. The molecule has 0 spiro atoms. The van der Waals surface area contributed by atoms with Crippen molar-refractivity contribution in [1.29, 1.82) is 0 Å². The van der Waals surface area contributed by atoms with E-state index in [0.717, 1.165) is 13.0 Å². The van der Waals surface area contributed by atoms with Gasteiger partial charge in [-0.15, -0.1) is 0 Å². The Morgan fingerprint density at radius 3 is 1.51 bits per heavy atom. The highest BCUT2D eigenvalue weighted by molar-refractivity contribution is 6.07. The Balaban J connectivity index is 1.64. The van der Waals surface area contributed by atoms with Gasteiger partial charge >= 0.3 is 0 Å². The molecule has 3 heterocycles. The molecule has 4 N–H and O–H groups in total. The Morgan fingerprint density at radius 2 is 1.11 bits per heavy atom. The third-order valence-electron chi connectivity index (χ3n) is 5.75. The summed E-state index contributed by atoms with van der Waals surface area (Å²) in [5.41, 5.74) is 2.52. The van der Waals surface area contributed by atoms with Gasteiger partial charge in [-0.1, -0.05) is 0 Å². The standard InChI is InChI=1S/C25H34N8O4/c1-26-23(35)19-11-17(14-31(19)4)28-25(37)21-12-18(15-33(21)6)29-24(36)20-10-16(13-32(20)5)27-22(34)8-7-9-30(2)3/h10-15H,7-9H2,1-6H3,(H,26,35)(H,27,34)(H,28,37)(H,29,36). The summed E-state index contributed by atoms with van der Waals surface area (Å²) >= 11 is 0. The SMILES string of the molecule is CNC(=O)c1cc(NC(=O)c2cc(NC(=O)c3cc(NC(=O)CCCN(C)C)cn3C)cn2C)cn1C. The molecule has 12 nitrogen and oxygen atoms in total. The highest BCUT2D eigenvalue weighted by Crippen LogP contribution is 2.19.